The van der Waals surface area contributed by atoms with Crippen LogP contribution in [0, 0.1) is 17.3 Å². The summed E-state index contributed by atoms with van der Waals surface area (Å²) in [7, 11) is 2.17. The third-order valence-corrected chi connectivity index (χ3v) is 4.62. The number of allylic oxidation sites excluding steroid dienone is 2. The molecule has 3 heteroatoms. The molecule has 0 radical (unpaired) electrons. The van der Waals surface area contributed by atoms with E-state index in [1.165, 1.54) is 17.7 Å². The van der Waals surface area contributed by atoms with E-state index in [0.29, 0.717) is 6.04 Å². The average molecular weight is 283 g/mol. The maximum atomic E-state index is 4.36. The van der Waals surface area contributed by atoms with Gasteiger partial charge in [-0.1, -0.05) is 31.9 Å². The van der Waals surface area contributed by atoms with Crippen LogP contribution >= 0.6 is 0 Å². The summed E-state index contributed by atoms with van der Waals surface area (Å²) >= 11 is 0. The lowest BCUT2D eigenvalue weighted by Gasteiger charge is -2.40. The second-order valence-electron chi connectivity index (χ2n) is 6.91. The number of hydrogen-bond donors (Lipinski definition) is 0. The normalized spacial score (nSPS) is 30.0. The van der Waals surface area contributed by atoms with Crippen LogP contribution in [0.2, 0.25) is 0 Å². The number of nitrogens with zero attached hydrogens (tertiary/aromatic N) is 3. The molecule has 0 bridgehead atoms. The molecule has 1 atom stereocenters. The van der Waals surface area contributed by atoms with Gasteiger partial charge >= 0.3 is 0 Å². The van der Waals surface area contributed by atoms with Crippen molar-refractivity contribution >= 4 is 6.21 Å². The Morgan fingerprint density at radius 3 is 2.95 bits per heavy atom. The molecule has 112 valence electrons. The van der Waals surface area contributed by atoms with Crippen LogP contribution in [0.25, 0.3) is 0 Å². The van der Waals surface area contributed by atoms with Gasteiger partial charge in [0.1, 0.15) is 0 Å². The lowest BCUT2D eigenvalue weighted by atomic mass is 9.85. The van der Waals surface area contributed by atoms with Crippen LogP contribution in [-0.2, 0) is 0 Å². The summed E-state index contributed by atoms with van der Waals surface area (Å²) in [4.78, 5) is 9.23. The van der Waals surface area contributed by atoms with Gasteiger partial charge in [0.15, 0.2) is 0 Å². The Kier molecular flexibility index (Phi) is 3.91. The van der Waals surface area contributed by atoms with Gasteiger partial charge in [0.2, 0.25) is 0 Å². The van der Waals surface area contributed by atoms with Gasteiger partial charge in [0.25, 0.3) is 0 Å². The third-order valence-electron chi connectivity index (χ3n) is 4.62. The maximum Gasteiger partial charge on any atom is 0.0925 e. The van der Waals surface area contributed by atoms with E-state index in [9.17, 15) is 0 Å². The van der Waals surface area contributed by atoms with Crippen LogP contribution in [0.1, 0.15) is 26.7 Å². The molecule has 0 aromatic rings. The molecular formula is C18H25N3. The van der Waals surface area contributed by atoms with Gasteiger partial charge in [0, 0.05) is 50.9 Å². The van der Waals surface area contributed by atoms with Crippen molar-refractivity contribution in [1.29, 1.82) is 0 Å². The van der Waals surface area contributed by atoms with Gasteiger partial charge in [-0.15, -0.1) is 0 Å². The summed E-state index contributed by atoms with van der Waals surface area (Å²) in [6, 6.07) is 0.488. The lowest BCUT2D eigenvalue weighted by molar-refractivity contribution is 0.211. The van der Waals surface area contributed by atoms with Crippen molar-refractivity contribution in [3.05, 3.63) is 23.4 Å². The third kappa shape index (κ3) is 3.06. The van der Waals surface area contributed by atoms with Crippen molar-refractivity contribution in [2.24, 2.45) is 10.4 Å². The molecule has 0 N–H and O–H groups in total. The molecule has 21 heavy (non-hydrogen) atoms. The van der Waals surface area contributed by atoms with Crippen LogP contribution in [0.4, 0.5) is 0 Å². The summed E-state index contributed by atoms with van der Waals surface area (Å²) in [6.45, 7) is 8.57. The fraction of sp³-hybridized carbons (Fsp3) is 0.611. The van der Waals surface area contributed by atoms with Crippen LogP contribution in [-0.4, -0.2) is 55.3 Å². The molecule has 2 aliphatic heterocycles. The van der Waals surface area contributed by atoms with Crippen molar-refractivity contribution in [3.8, 4) is 11.8 Å². The summed E-state index contributed by atoms with van der Waals surface area (Å²) in [5.74, 6) is 6.83. The Hall–Kier alpha value is -1.53. The Balaban J connectivity index is 1.98. The highest BCUT2D eigenvalue weighted by molar-refractivity contribution is 5.61. The highest BCUT2D eigenvalue weighted by Gasteiger charge is 2.30. The summed E-state index contributed by atoms with van der Waals surface area (Å²) in [5.41, 5.74) is 2.79. The smallest absolute Gasteiger partial charge is 0.0925 e. The first-order chi connectivity index (χ1) is 10.1. The first kappa shape index (κ1) is 14.4. The van der Waals surface area contributed by atoms with Gasteiger partial charge in [-0.25, -0.2) is 0 Å². The molecule has 0 aromatic carbocycles. The Morgan fingerprint density at radius 1 is 1.33 bits per heavy atom. The molecule has 0 amide bonds. The standard InChI is InChI=1S/C18H25N3/c1-18(2)8-4-5-16-15(6-9-18)17(7-12-20(16)3)21-13-10-19-11-14-21/h6,9-10,17H,7-8,11-14H2,1-3H3/b9-6-. The van der Waals surface area contributed by atoms with E-state index in [0.717, 1.165) is 32.6 Å². The first-order valence-corrected chi connectivity index (χ1v) is 7.93. The predicted octanol–water partition coefficient (Wildman–Crippen LogP) is 2.32. The topological polar surface area (TPSA) is 18.8 Å². The minimum atomic E-state index is 0.162. The first-order valence-electron chi connectivity index (χ1n) is 7.93. The molecule has 2 heterocycles. The SMILES string of the molecule is CN1CCC(N2CC=NCC2)C2=C1C#CCC(C)(C)/C=C\2. The van der Waals surface area contributed by atoms with E-state index in [2.05, 4.69) is 65.9 Å². The summed E-state index contributed by atoms with van der Waals surface area (Å²) < 4.78 is 0. The Labute approximate surface area is 128 Å². The molecule has 0 saturated heterocycles. The summed E-state index contributed by atoms with van der Waals surface area (Å²) in [5, 5.41) is 0. The number of hydrogen-bond acceptors (Lipinski definition) is 3. The van der Waals surface area contributed by atoms with E-state index < -0.39 is 0 Å². The predicted molar refractivity (Wildman–Crippen MR) is 88.3 cm³/mol. The van der Waals surface area contributed by atoms with Crippen molar-refractivity contribution in [2.75, 3.05) is 33.2 Å². The van der Waals surface area contributed by atoms with E-state index >= 15 is 0 Å². The van der Waals surface area contributed by atoms with Gasteiger partial charge in [0.05, 0.1) is 12.2 Å². The van der Waals surface area contributed by atoms with Gasteiger partial charge in [-0.2, -0.15) is 0 Å². The van der Waals surface area contributed by atoms with Gasteiger partial charge in [-0.05, 0) is 17.8 Å². The lowest BCUT2D eigenvalue weighted by Crippen LogP contribution is -2.46. The minimum absolute atomic E-state index is 0.162. The zero-order chi connectivity index (χ0) is 14.9. The van der Waals surface area contributed by atoms with Crippen LogP contribution in [0.15, 0.2) is 28.4 Å². The van der Waals surface area contributed by atoms with Crippen molar-refractivity contribution in [1.82, 2.24) is 9.80 Å². The molecule has 3 aliphatic rings. The van der Waals surface area contributed by atoms with Crippen LogP contribution < -0.4 is 0 Å². The second-order valence-corrected chi connectivity index (χ2v) is 6.91. The highest BCUT2D eigenvalue weighted by atomic mass is 15.2. The van der Waals surface area contributed by atoms with E-state index in [4.69, 9.17) is 0 Å². The fourth-order valence-corrected chi connectivity index (χ4v) is 3.24. The van der Waals surface area contributed by atoms with Gasteiger partial charge in [-0.3, -0.25) is 9.89 Å². The quantitative estimate of drug-likeness (QED) is 0.688. The number of rotatable bonds is 1. The van der Waals surface area contributed by atoms with E-state index in [-0.39, 0.29) is 5.41 Å². The summed E-state index contributed by atoms with van der Waals surface area (Å²) in [6.07, 6.45) is 8.85. The van der Waals surface area contributed by atoms with Crippen molar-refractivity contribution in [2.45, 2.75) is 32.7 Å². The molecule has 3 nitrogen and oxygen atoms in total. The minimum Gasteiger partial charge on any atom is -0.367 e. The zero-order valence-electron chi connectivity index (χ0n) is 13.4. The highest BCUT2D eigenvalue weighted by Crippen LogP contribution is 2.31. The number of aliphatic imine (C=N–C) groups is 1. The van der Waals surface area contributed by atoms with Crippen LogP contribution in [0.5, 0.6) is 0 Å². The van der Waals surface area contributed by atoms with Crippen LogP contribution in [0.3, 0.4) is 0 Å². The molecule has 0 aromatic heterocycles. The Morgan fingerprint density at radius 2 is 2.19 bits per heavy atom. The molecule has 1 unspecified atom stereocenters. The maximum absolute atomic E-state index is 4.36. The molecule has 0 fully saturated rings. The van der Waals surface area contributed by atoms with E-state index in [1.54, 1.807) is 0 Å². The zero-order valence-corrected chi connectivity index (χ0v) is 13.4. The van der Waals surface area contributed by atoms with Gasteiger partial charge < -0.3 is 4.90 Å². The molecule has 0 saturated carbocycles. The van der Waals surface area contributed by atoms with Crippen molar-refractivity contribution < 1.29 is 0 Å². The molecule has 3 rings (SSSR count). The average Bonchev–Trinajstić information content (AvgIpc) is 2.46. The largest absolute Gasteiger partial charge is 0.367 e. The fourth-order valence-electron chi connectivity index (χ4n) is 3.24. The monoisotopic (exact) mass is 283 g/mol. The van der Waals surface area contributed by atoms with Crippen molar-refractivity contribution in [3.63, 3.8) is 0 Å². The molecular weight excluding hydrogens is 258 g/mol. The Bertz CT molecular complexity index is 557. The second kappa shape index (κ2) is 5.69. The molecule has 1 aliphatic carbocycles. The van der Waals surface area contributed by atoms with E-state index in [1.807, 2.05) is 0 Å². The molecule has 0 spiro atoms.